The van der Waals surface area contributed by atoms with Gasteiger partial charge in [-0.05, 0) is 37.1 Å². The lowest BCUT2D eigenvalue weighted by molar-refractivity contribution is -0.131. The Balaban J connectivity index is 1.71. The first-order valence-corrected chi connectivity index (χ1v) is 9.99. The fourth-order valence-corrected chi connectivity index (χ4v) is 2.84. The molecule has 0 heterocycles. The van der Waals surface area contributed by atoms with Crippen LogP contribution in [0.3, 0.4) is 0 Å². The molecule has 0 aliphatic rings. The summed E-state index contributed by atoms with van der Waals surface area (Å²) in [5.74, 6) is -2.66. The molecule has 0 aliphatic heterocycles. The van der Waals surface area contributed by atoms with E-state index in [0.717, 1.165) is 43.9 Å². The van der Waals surface area contributed by atoms with Gasteiger partial charge in [0, 0.05) is 30.8 Å². The zero-order chi connectivity index (χ0) is 23.5. The number of carboxylic acids is 1. The van der Waals surface area contributed by atoms with Crippen molar-refractivity contribution in [1.82, 2.24) is 5.32 Å². The van der Waals surface area contributed by atoms with Crippen LogP contribution in [-0.2, 0) is 9.59 Å². The van der Waals surface area contributed by atoms with E-state index in [4.69, 9.17) is 9.84 Å². The second-order valence-electron chi connectivity index (χ2n) is 6.93. The Morgan fingerprint density at radius 3 is 2.16 bits per heavy atom. The number of hydrogen-bond donors (Lipinski definition) is 5. The van der Waals surface area contributed by atoms with Crippen molar-refractivity contribution >= 4 is 17.7 Å². The average Bonchev–Trinajstić information content (AvgIpc) is 2.73. The maximum absolute atomic E-state index is 12.5. The van der Waals surface area contributed by atoms with E-state index >= 15 is 0 Å². The van der Waals surface area contributed by atoms with E-state index in [-0.39, 0.29) is 28.4 Å². The van der Waals surface area contributed by atoms with Crippen molar-refractivity contribution in [2.75, 3.05) is 13.2 Å². The van der Waals surface area contributed by atoms with Crippen LogP contribution in [0, 0.1) is 0 Å². The van der Waals surface area contributed by atoms with Gasteiger partial charge >= 0.3 is 5.97 Å². The molecule has 0 fully saturated rings. The van der Waals surface area contributed by atoms with Gasteiger partial charge in [-0.25, -0.2) is 4.79 Å². The van der Waals surface area contributed by atoms with Crippen LogP contribution >= 0.6 is 0 Å². The van der Waals surface area contributed by atoms with Gasteiger partial charge in [0.1, 0.15) is 23.0 Å². The fraction of sp³-hybridized carbons (Fsp3) is 0.261. The predicted molar refractivity (Wildman–Crippen MR) is 115 cm³/mol. The number of phenols is 3. The van der Waals surface area contributed by atoms with E-state index in [1.54, 1.807) is 6.07 Å². The lowest BCUT2D eigenvalue weighted by Gasteiger charge is -2.10. The number of ketones is 1. The Hall–Kier alpha value is -4.01. The monoisotopic (exact) mass is 443 g/mol. The molecule has 0 atom stereocenters. The number of benzene rings is 2. The number of ether oxygens (including phenoxy) is 1. The molecule has 9 nitrogen and oxygen atoms in total. The molecule has 1 amide bonds. The summed E-state index contributed by atoms with van der Waals surface area (Å²) in [7, 11) is 0. The molecular formula is C23H25NO8. The SMILES string of the molecule is O=C(O)/C=C\C(=O)NCCCCCCOc1ccc(C(=O)c2ccc(O)cc2O)c(O)c1. The first kappa shape index (κ1) is 24.3. The number of aliphatic carboxylic acids is 1. The van der Waals surface area contributed by atoms with E-state index in [0.29, 0.717) is 18.9 Å². The Morgan fingerprint density at radius 1 is 0.844 bits per heavy atom. The molecule has 0 aliphatic carbocycles. The van der Waals surface area contributed by atoms with Crippen LogP contribution in [0.4, 0.5) is 0 Å². The van der Waals surface area contributed by atoms with E-state index in [1.165, 1.54) is 24.3 Å². The standard InChI is InChI=1S/C23H25NO8/c25-15-5-7-17(19(26)13-15)23(31)18-8-6-16(14-20(18)27)32-12-4-2-1-3-11-24-21(28)9-10-22(29)30/h5-10,13-14,25-27H,1-4,11-12H2,(H,24,28)(H,29,30)/b10-9-. The third-order valence-corrected chi connectivity index (χ3v) is 4.46. The van der Waals surface area contributed by atoms with Crippen LogP contribution in [0.25, 0.3) is 0 Å². The molecule has 9 heteroatoms. The first-order chi connectivity index (χ1) is 15.3. The minimum Gasteiger partial charge on any atom is -0.508 e. The molecule has 0 unspecified atom stereocenters. The maximum atomic E-state index is 12.5. The molecule has 0 saturated carbocycles. The van der Waals surface area contributed by atoms with Crippen molar-refractivity contribution in [1.29, 1.82) is 0 Å². The third kappa shape index (κ3) is 7.67. The molecular weight excluding hydrogens is 418 g/mol. The molecule has 0 bridgehead atoms. The minimum atomic E-state index is -1.17. The zero-order valence-electron chi connectivity index (χ0n) is 17.3. The van der Waals surface area contributed by atoms with Crippen molar-refractivity contribution in [2.24, 2.45) is 0 Å². The summed E-state index contributed by atoms with van der Waals surface area (Å²) < 4.78 is 5.58. The van der Waals surface area contributed by atoms with Gasteiger partial charge in [-0.2, -0.15) is 0 Å². The van der Waals surface area contributed by atoms with Gasteiger partial charge in [-0.3, -0.25) is 9.59 Å². The summed E-state index contributed by atoms with van der Waals surface area (Å²) in [6, 6.07) is 7.86. The highest BCUT2D eigenvalue weighted by molar-refractivity contribution is 6.12. The van der Waals surface area contributed by atoms with Gasteiger partial charge < -0.3 is 30.5 Å². The minimum absolute atomic E-state index is 0.00131. The number of carbonyl (C=O) groups excluding carboxylic acids is 2. The molecule has 0 saturated heterocycles. The molecule has 5 N–H and O–H groups in total. The number of phenolic OH excluding ortho intramolecular Hbond substituents is 3. The first-order valence-electron chi connectivity index (χ1n) is 9.99. The van der Waals surface area contributed by atoms with E-state index in [1.807, 2.05) is 0 Å². The highest BCUT2D eigenvalue weighted by atomic mass is 16.5. The zero-order valence-corrected chi connectivity index (χ0v) is 17.3. The summed E-state index contributed by atoms with van der Waals surface area (Å²) >= 11 is 0. The lowest BCUT2D eigenvalue weighted by Crippen LogP contribution is -2.22. The topological polar surface area (TPSA) is 153 Å². The Labute approximate surface area is 184 Å². The van der Waals surface area contributed by atoms with E-state index in [9.17, 15) is 29.7 Å². The number of nitrogens with one attached hydrogen (secondary N) is 1. The van der Waals surface area contributed by atoms with Gasteiger partial charge in [-0.15, -0.1) is 0 Å². The Kier molecular flexibility index (Phi) is 9.09. The van der Waals surface area contributed by atoms with Crippen LogP contribution in [0.5, 0.6) is 23.0 Å². The summed E-state index contributed by atoms with van der Waals surface area (Å²) in [5.41, 5.74) is -0.0422. The van der Waals surface area contributed by atoms with Gasteiger partial charge in [0.15, 0.2) is 5.78 Å². The second kappa shape index (κ2) is 12.0. The van der Waals surface area contributed by atoms with E-state index < -0.39 is 17.7 Å². The molecule has 2 aromatic rings. The molecule has 0 aromatic heterocycles. The van der Waals surface area contributed by atoms with Crippen LogP contribution in [0.15, 0.2) is 48.6 Å². The number of carboxylic acid groups (broad SMARTS) is 1. The Morgan fingerprint density at radius 2 is 1.50 bits per heavy atom. The largest absolute Gasteiger partial charge is 0.508 e. The van der Waals surface area contributed by atoms with Crippen LogP contribution in [0.2, 0.25) is 0 Å². The number of aromatic hydroxyl groups is 3. The number of hydrogen-bond acceptors (Lipinski definition) is 7. The summed E-state index contributed by atoms with van der Waals surface area (Å²) in [5, 5.41) is 40.4. The van der Waals surface area contributed by atoms with Crippen LogP contribution in [-0.4, -0.2) is 51.2 Å². The maximum Gasteiger partial charge on any atom is 0.328 e. The number of carbonyl (C=O) groups is 3. The fourth-order valence-electron chi connectivity index (χ4n) is 2.84. The highest BCUT2D eigenvalue weighted by Gasteiger charge is 2.18. The lowest BCUT2D eigenvalue weighted by atomic mass is 10.0. The van der Waals surface area contributed by atoms with Gasteiger partial charge in [0.05, 0.1) is 17.7 Å². The molecule has 0 spiro atoms. The van der Waals surface area contributed by atoms with Crippen molar-refractivity contribution < 1.29 is 39.5 Å². The van der Waals surface area contributed by atoms with Gasteiger partial charge in [-0.1, -0.05) is 12.8 Å². The smallest absolute Gasteiger partial charge is 0.328 e. The molecule has 2 rings (SSSR count). The van der Waals surface area contributed by atoms with Crippen LogP contribution in [0.1, 0.15) is 41.6 Å². The summed E-state index contributed by atoms with van der Waals surface area (Å²) in [4.78, 5) is 34.1. The molecule has 170 valence electrons. The predicted octanol–water partition coefficient (Wildman–Crippen LogP) is 2.73. The number of rotatable bonds is 12. The number of amides is 1. The van der Waals surface area contributed by atoms with Crippen molar-refractivity contribution in [3.05, 3.63) is 59.7 Å². The summed E-state index contributed by atoms with van der Waals surface area (Å²) in [6.45, 7) is 0.850. The van der Waals surface area contributed by atoms with Crippen molar-refractivity contribution in [2.45, 2.75) is 25.7 Å². The molecule has 0 radical (unpaired) electrons. The van der Waals surface area contributed by atoms with Crippen molar-refractivity contribution in [3.63, 3.8) is 0 Å². The van der Waals surface area contributed by atoms with E-state index in [2.05, 4.69) is 5.32 Å². The van der Waals surface area contributed by atoms with Crippen molar-refractivity contribution in [3.8, 4) is 23.0 Å². The summed E-state index contributed by atoms with van der Waals surface area (Å²) in [6.07, 6.45) is 4.94. The van der Waals surface area contributed by atoms with Gasteiger partial charge in [0.25, 0.3) is 0 Å². The molecule has 2 aromatic carbocycles. The quantitative estimate of drug-likeness (QED) is 0.191. The average molecular weight is 443 g/mol. The third-order valence-electron chi connectivity index (χ3n) is 4.46. The van der Waals surface area contributed by atoms with Gasteiger partial charge in [0.2, 0.25) is 5.91 Å². The number of unbranched alkanes of at least 4 members (excludes halogenated alkanes) is 3. The molecule has 32 heavy (non-hydrogen) atoms. The highest BCUT2D eigenvalue weighted by Crippen LogP contribution is 2.30. The van der Waals surface area contributed by atoms with Crippen LogP contribution < -0.4 is 10.1 Å². The Bertz CT molecular complexity index is 999. The second-order valence-corrected chi connectivity index (χ2v) is 6.93. The normalized spacial score (nSPS) is 10.8.